The van der Waals surface area contributed by atoms with E-state index in [1.54, 1.807) is 12.4 Å². The molecule has 1 aliphatic heterocycles. The van der Waals surface area contributed by atoms with Gasteiger partial charge in [0.1, 0.15) is 0 Å². The molecule has 5 rings (SSSR count). The third-order valence-corrected chi connectivity index (χ3v) is 7.04. The Kier molecular flexibility index (Phi) is 6.41. The summed E-state index contributed by atoms with van der Waals surface area (Å²) in [6.07, 6.45) is -0.401. The molecule has 4 aromatic rings. The molecule has 3 heterocycles. The molecule has 1 aliphatic rings. The van der Waals surface area contributed by atoms with Crippen LogP contribution in [-0.2, 0) is 22.3 Å². The molecule has 37 heavy (non-hydrogen) atoms. The fraction of sp³-hybridized carbons (Fsp3) is 0.286. The lowest BCUT2D eigenvalue weighted by molar-refractivity contribution is -0.137. The van der Waals surface area contributed by atoms with Gasteiger partial charge >= 0.3 is 6.18 Å². The zero-order chi connectivity index (χ0) is 26.3. The molecule has 2 aromatic heterocycles. The van der Waals surface area contributed by atoms with Crippen molar-refractivity contribution >= 4 is 44.8 Å². The number of nitrogens with zero attached hydrogens (tertiary/aromatic N) is 2. The maximum atomic E-state index is 13.7. The number of alkyl halides is 3. The van der Waals surface area contributed by atoms with Gasteiger partial charge in [-0.05, 0) is 50.3 Å². The van der Waals surface area contributed by atoms with E-state index in [1.165, 1.54) is 6.07 Å². The van der Waals surface area contributed by atoms with Crippen LogP contribution >= 0.6 is 0 Å². The zero-order valence-corrected chi connectivity index (χ0v) is 20.6. The van der Waals surface area contributed by atoms with Crippen molar-refractivity contribution in [3.63, 3.8) is 0 Å². The van der Waals surface area contributed by atoms with Crippen molar-refractivity contribution in [1.29, 1.82) is 0 Å². The number of fused-ring (bicyclic) bond motifs is 2. The van der Waals surface area contributed by atoms with E-state index in [9.17, 15) is 22.8 Å². The minimum atomic E-state index is -4.54. The van der Waals surface area contributed by atoms with Crippen LogP contribution in [0.4, 0.5) is 13.2 Å². The maximum absolute atomic E-state index is 13.7. The summed E-state index contributed by atoms with van der Waals surface area (Å²) in [7, 11) is 0. The summed E-state index contributed by atoms with van der Waals surface area (Å²) >= 11 is 0. The molecule has 0 saturated heterocycles. The molecular formula is C28H27F3N4O2. The first-order valence-electron chi connectivity index (χ1n) is 12.3. The molecule has 0 spiro atoms. The lowest BCUT2D eigenvalue weighted by atomic mass is 9.95. The number of halogens is 3. The summed E-state index contributed by atoms with van der Waals surface area (Å²) in [5.74, 6) is -1.19. The van der Waals surface area contributed by atoms with Crippen molar-refractivity contribution in [3.8, 4) is 0 Å². The van der Waals surface area contributed by atoms with Crippen LogP contribution < -0.4 is 5.32 Å². The number of amides is 2. The van der Waals surface area contributed by atoms with Gasteiger partial charge in [0.05, 0.1) is 16.7 Å². The van der Waals surface area contributed by atoms with Crippen LogP contribution in [0.2, 0.25) is 0 Å². The van der Waals surface area contributed by atoms with E-state index in [2.05, 4.69) is 29.0 Å². The normalized spacial score (nSPS) is 14.5. The largest absolute Gasteiger partial charge is 0.416 e. The van der Waals surface area contributed by atoms with Gasteiger partial charge in [-0.2, -0.15) is 13.2 Å². The molecule has 0 aliphatic carbocycles. The Morgan fingerprint density at radius 1 is 0.919 bits per heavy atom. The molecular weight excluding hydrogens is 481 g/mol. The summed E-state index contributed by atoms with van der Waals surface area (Å²) in [5, 5.41) is 3.39. The number of hydrogen-bond donors (Lipinski definition) is 2. The molecule has 0 fully saturated rings. The third-order valence-electron chi connectivity index (χ3n) is 7.04. The summed E-state index contributed by atoms with van der Waals surface area (Å²) in [4.78, 5) is 31.5. The van der Waals surface area contributed by atoms with E-state index in [0.717, 1.165) is 49.1 Å². The van der Waals surface area contributed by atoms with Crippen molar-refractivity contribution < 1.29 is 22.8 Å². The van der Waals surface area contributed by atoms with Crippen LogP contribution in [0, 0.1) is 0 Å². The number of para-hydroxylation sites is 1. The van der Waals surface area contributed by atoms with Gasteiger partial charge in [-0.25, -0.2) is 0 Å². The third kappa shape index (κ3) is 4.44. The fourth-order valence-electron chi connectivity index (χ4n) is 5.11. The number of rotatable bonds is 8. The Balaban J connectivity index is 1.70. The van der Waals surface area contributed by atoms with E-state index in [4.69, 9.17) is 0 Å². The SMILES string of the molecule is CCN(CC)CCCn1cc(C2=C(c3c[nH]c4ccccc34)C(=O)NC2=O)c2cc(C(F)(F)F)ccc21. The number of imide groups is 1. The Morgan fingerprint density at radius 2 is 1.62 bits per heavy atom. The molecule has 0 atom stereocenters. The second-order valence-electron chi connectivity index (χ2n) is 9.13. The Labute approximate surface area is 211 Å². The molecule has 6 nitrogen and oxygen atoms in total. The van der Waals surface area contributed by atoms with E-state index in [1.807, 2.05) is 28.8 Å². The highest BCUT2D eigenvalue weighted by molar-refractivity contribution is 6.50. The van der Waals surface area contributed by atoms with Crippen LogP contribution in [0.25, 0.3) is 33.0 Å². The minimum absolute atomic E-state index is 0.0848. The molecule has 2 N–H and O–H groups in total. The minimum Gasteiger partial charge on any atom is -0.361 e. The summed E-state index contributed by atoms with van der Waals surface area (Å²) in [6, 6.07) is 10.9. The van der Waals surface area contributed by atoms with Gasteiger partial charge in [0.25, 0.3) is 11.8 Å². The van der Waals surface area contributed by atoms with E-state index >= 15 is 0 Å². The number of H-pyrrole nitrogens is 1. The van der Waals surface area contributed by atoms with Crippen LogP contribution in [0.15, 0.2) is 54.9 Å². The van der Waals surface area contributed by atoms with Gasteiger partial charge in [-0.3, -0.25) is 14.9 Å². The summed E-state index contributed by atoms with van der Waals surface area (Å²) in [5.41, 5.74) is 1.65. The number of aromatic nitrogens is 2. The fourth-order valence-corrected chi connectivity index (χ4v) is 5.11. The number of aromatic amines is 1. The predicted molar refractivity (Wildman–Crippen MR) is 138 cm³/mol. The number of carbonyl (C=O) groups excluding carboxylic acids is 2. The quantitative estimate of drug-likeness (QED) is 0.312. The second kappa shape index (κ2) is 9.55. The average molecular weight is 509 g/mol. The van der Waals surface area contributed by atoms with Crippen LogP contribution in [0.3, 0.4) is 0 Å². The lowest BCUT2D eigenvalue weighted by Crippen LogP contribution is -2.24. The number of aryl methyl sites for hydroxylation is 1. The average Bonchev–Trinajstić information content (AvgIpc) is 3.53. The zero-order valence-electron chi connectivity index (χ0n) is 20.6. The van der Waals surface area contributed by atoms with E-state index < -0.39 is 23.6 Å². The molecule has 9 heteroatoms. The smallest absolute Gasteiger partial charge is 0.361 e. The predicted octanol–water partition coefficient (Wildman–Crippen LogP) is 5.44. The number of nitrogens with one attached hydrogen (secondary N) is 2. The monoisotopic (exact) mass is 508 g/mol. The second-order valence-corrected chi connectivity index (χ2v) is 9.13. The van der Waals surface area contributed by atoms with Crippen molar-refractivity contribution in [3.05, 3.63) is 71.5 Å². The first-order valence-corrected chi connectivity index (χ1v) is 12.3. The van der Waals surface area contributed by atoms with Crippen molar-refractivity contribution in [2.45, 2.75) is 33.0 Å². The van der Waals surface area contributed by atoms with Gasteiger partial charge < -0.3 is 14.5 Å². The van der Waals surface area contributed by atoms with Crippen LogP contribution in [0.5, 0.6) is 0 Å². The van der Waals surface area contributed by atoms with Crippen molar-refractivity contribution in [2.75, 3.05) is 19.6 Å². The maximum Gasteiger partial charge on any atom is 0.416 e. The van der Waals surface area contributed by atoms with Crippen LogP contribution in [-0.4, -0.2) is 45.9 Å². The number of hydrogen-bond acceptors (Lipinski definition) is 3. The van der Waals surface area contributed by atoms with Gasteiger partial charge in [0, 0.05) is 51.9 Å². The molecule has 0 radical (unpaired) electrons. The van der Waals surface area contributed by atoms with E-state index in [0.29, 0.717) is 23.2 Å². The first-order chi connectivity index (χ1) is 17.7. The Hall–Kier alpha value is -3.85. The van der Waals surface area contributed by atoms with Gasteiger partial charge in [-0.1, -0.05) is 32.0 Å². The summed E-state index contributed by atoms with van der Waals surface area (Å²) < 4.78 is 42.8. The van der Waals surface area contributed by atoms with Gasteiger partial charge in [0.2, 0.25) is 0 Å². The molecule has 0 saturated carbocycles. The van der Waals surface area contributed by atoms with Crippen molar-refractivity contribution in [1.82, 2.24) is 19.8 Å². The highest BCUT2D eigenvalue weighted by Gasteiger charge is 2.36. The van der Waals surface area contributed by atoms with Crippen LogP contribution in [0.1, 0.15) is 37.0 Å². The van der Waals surface area contributed by atoms with E-state index in [-0.39, 0.29) is 16.5 Å². The Bertz CT molecular complexity index is 1540. The van der Waals surface area contributed by atoms with Gasteiger partial charge in [-0.15, -0.1) is 0 Å². The molecule has 0 unspecified atom stereocenters. The lowest BCUT2D eigenvalue weighted by Gasteiger charge is -2.18. The van der Waals surface area contributed by atoms with Crippen molar-refractivity contribution in [2.24, 2.45) is 0 Å². The first kappa shape index (κ1) is 24.8. The molecule has 192 valence electrons. The molecule has 2 aromatic carbocycles. The molecule has 0 bridgehead atoms. The topological polar surface area (TPSA) is 70.1 Å². The number of benzene rings is 2. The highest BCUT2D eigenvalue weighted by atomic mass is 19.4. The Morgan fingerprint density at radius 3 is 2.32 bits per heavy atom. The standard InChI is InChI=1S/C28H27F3N4O2/c1-3-34(4-2)12-7-13-35-16-21(19-14-17(28(29,30)31)10-11-23(19)35)25-24(26(36)33-27(25)37)20-15-32-22-9-6-5-8-18(20)22/h5-6,8-11,14-16,32H,3-4,7,12-13H2,1-2H3,(H,33,36,37). The van der Waals surface area contributed by atoms with Gasteiger partial charge in [0.15, 0.2) is 0 Å². The number of carbonyl (C=O) groups is 2. The highest BCUT2D eigenvalue weighted by Crippen LogP contribution is 2.40. The molecule has 2 amide bonds. The summed E-state index contributed by atoms with van der Waals surface area (Å²) in [6.45, 7) is 7.38.